The van der Waals surface area contributed by atoms with Crippen LogP contribution in [0.3, 0.4) is 0 Å². The number of allylic oxidation sites excluding steroid dienone is 2. The molecule has 0 aromatic rings. The highest BCUT2D eigenvalue weighted by atomic mass is 28.4. The summed E-state index contributed by atoms with van der Waals surface area (Å²) in [5.74, 6) is -0.256. The molecule has 0 spiro atoms. The van der Waals surface area contributed by atoms with Gasteiger partial charge in [-0.2, -0.15) is 0 Å². The molecule has 0 aromatic carbocycles. The van der Waals surface area contributed by atoms with Crippen LogP contribution in [-0.2, 0) is 23.1 Å². The summed E-state index contributed by atoms with van der Waals surface area (Å²) in [4.78, 5) is 12.8. The molecule has 2 saturated heterocycles. The zero-order valence-corrected chi connectivity index (χ0v) is 27.2. The van der Waals surface area contributed by atoms with Crippen molar-refractivity contribution in [2.75, 3.05) is 6.61 Å². The van der Waals surface area contributed by atoms with Crippen molar-refractivity contribution in [1.82, 2.24) is 0 Å². The lowest BCUT2D eigenvalue weighted by molar-refractivity contribution is -0.150. The number of fused-ring (bicyclic) bond motifs is 1. The van der Waals surface area contributed by atoms with E-state index < -0.39 is 22.7 Å². The Hall–Kier alpha value is -1.26. The average molecular weight is 549 g/mol. The third-order valence-electron chi connectivity index (χ3n) is 8.65. The molecule has 210 valence electrons. The Labute approximate surface area is 228 Å². The minimum atomic E-state index is -2.10. The van der Waals surface area contributed by atoms with Gasteiger partial charge >= 0.3 is 5.97 Å². The molecule has 0 saturated carbocycles. The molecule has 4 atom stereocenters. The quantitative estimate of drug-likeness (QED) is 0.151. The Kier molecular flexibility index (Phi) is 9.90. The molecule has 2 rings (SSSR count). The Morgan fingerprint density at radius 2 is 1.43 bits per heavy atom. The molecule has 2 heterocycles. The van der Waals surface area contributed by atoms with Crippen LogP contribution in [-0.4, -0.2) is 53.6 Å². The van der Waals surface area contributed by atoms with Crippen LogP contribution in [0.25, 0.3) is 0 Å². The third-order valence-corrected chi connectivity index (χ3v) is 17.6. The molecule has 7 heteroatoms. The van der Waals surface area contributed by atoms with Gasteiger partial charge in [0, 0.05) is 12.8 Å². The maximum atomic E-state index is 12.8. The van der Waals surface area contributed by atoms with Gasteiger partial charge in [-0.3, -0.25) is 4.79 Å². The molecule has 0 amide bonds. The number of esters is 1. The molecule has 2 fully saturated rings. The second-order valence-corrected chi connectivity index (χ2v) is 23.5. The number of cyclic esters (lactones) is 1. The molecule has 0 N–H and O–H groups in total. The Morgan fingerprint density at radius 1 is 0.865 bits per heavy atom. The van der Waals surface area contributed by atoms with E-state index in [0.717, 1.165) is 22.3 Å². The molecular formula is C30H52O5Si2. The zero-order chi connectivity index (χ0) is 28.6. The molecule has 0 radical (unpaired) electrons. The van der Waals surface area contributed by atoms with Crippen molar-refractivity contribution in [2.24, 2.45) is 0 Å². The standard InChI is InChI=1S/C30H52O5Si2/c1-20-15-16-25(31)33-24(19-32-36(11,12)29(5,6)7)18-23(4)26-28(34-26)27(22(3)17-21(20)2)35-37(13,14)30(8,9)10/h24,26-28H,1-4,15-19H2,5-14H3/t24-,26+,27-,28-/m1/s1. The number of epoxide rings is 1. The van der Waals surface area contributed by atoms with Gasteiger partial charge in [0.15, 0.2) is 16.6 Å². The molecule has 0 unspecified atom stereocenters. The predicted octanol–water partition coefficient (Wildman–Crippen LogP) is 7.88. The number of hydrogen-bond acceptors (Lipinski definition) is 5. The molecular weight excluding hydrogens is 496 g/mol. The van der Waals surface area contributed by atoms with E-state index in [4.69, 9.17) is 18.3 Å². The first-order chi connectivity index (χ1) is 16.7. The number of rotatable bonds is 5. The van der Waals surface area contributed by atoms with E-state index in [1.165, 1.54) is 0 Å². The van der Waals surface area contributed by atoms with Crippen LogP contribution < -0.4 is 0 Å². The monoisotopic (exact) mass is 548 g/mol. The van der Waals surface area contributed by atoms with Gasteiger partial charge in [-0.25, -0.2) is 0 Å². The fraction of sp³-hybridized carbons (Fsp3) is 0.700. The largest absolute Gasteiger partial charge is 0.460 e. The maximum Gasteiger partial charge on any atom is 0.306 e. The highest BCUT2D eigenvalue weighted by Gasteiger charge is 2.51. The number of ether oxygens (including phenoxy) is 2. The minimum absolute atomic E-state index is 0.0503. The molecule has 2 aliphatic heterocycles. The van der Waals surface area contributed by atoms with Gasteiger partial charge < -0.3 is 18.3 Å². The summed E-state index contributed by atoms with van der Waals surface area (Å²) in [6.07, 6.45) is 0.818. The van der Waals surface area contributed by atoms with E-state index in [1.54, 1.807) is 0 Å². The van der Waals surface area contributed by atoms with Crippen molar-refractivity contribution in [2.45, 2.75) is 128 Å². The first-order valence-corrected chi connectivity index (χ1v) is 19.4. The third kappa shape index (κ3) is 8.36. The van der Waals surface area contributed by atoms with Crippen molar-refractivity contribution in [1.29, 1.82) is 0 Å². The lowest BCUT2D eigenvalue weighted by Crippen LogP contribution is -2.46. The van der Waals surface area contributed by atoms with Gasteiger partial charge in [0.25, 0.3) is 0 Å². The molecule has 5 nitrogen and oxygen atoms in total. The lowest BCUT2D eigenvalue weighted by atomic mass is 9.92. The second kappa shape index (κ2) is 11.5. The normalized spacial score (nSPS) is 27.5. The smallest absolute Gasteiger partial charge is 0.306 e. The molecule has 0 bridgehead atoms. The van der Waals surface area contributed by atoms with Crippen LogP contribution >= 0.6 is 0 Å². The zero-order valence-electron chi connectivity index (χ0n) is 25.2. The number of hydrogen-bond donors (Lipinski definition) is 0. The van der Waals surface area contributed by atoms with Crippen LogP contribution in [0.2, 0.25) is 36.3 Å². The molecule has 37 heavy (non-hydrogen) atoms. The van der Waals surface area contributed by atoms with Gasteiger partial charge in [0.05, 0.1) is 12.7 Å². The van der Waals surface area contributed by atoms with Crippen LogP contribution in [0.1, 0.15) is 67.2 Å². The van der Waals surface area contributed by atoms with E-state index in [2.05, 4.69) is 94.0 Å². The van der Waals surface area contributed by atoms with Crippen molar-refractivity contribution in [3.8, 4) is 0 Å². The summed E-state index contributed by atoms with van der Waals surface area (Å²) in [5, 5.41) is 0.113. The Bertz CT molecular complexity index is 919. The SMILES string of the molecule is C=C1CCC(=O)O[C@@H](CO[Si](C)(C)C(C)(C)C)CC(=C)[C@@H]2O[C@H]2[C@H](O[Si](C)(C)C(C)(C)C)C(=C)CC1=C. The summed E-state index contributed by atoms with van der Waals surface area (Å²) in [6.45, 7) is 39.7. The van der Waals surface area contributed by atoms with Gasteiger partial charge in [0.2, 0.25) is 0 Å². The Balaban J connectivity index is 2.30. The van der Waals surface area contributed by atoms with Crippen molar-refractivity contribution < 1.29 is 23.1 Å². The fourth-order valence-electron chi connectivity index (χ4n) is 3.79. The van der Waals surface area contributed by atoms with Crippen LogP contribution in [0.5, 0.6) is 0 Å². The number of carbonyl (C=O) groups is 1. The topological polar surface area (TPSA) is 57.3 Å². The fourth-order valence-corrected chi connectivity index (χ4v) is 6.12. The van der Waals surface area contributed by atoms with E-state index in [-0.39, 0.29) is 40.8 Å². The maximum absolute atomic E-state index is 12.8. The van der Waals surface area contributed by atoms with E-state index in [0.29, 0.717) is 25.9 Å². The van der Waals surface area contributed by atoms with Gasteiger partial charge in [0.1, 0.15) is 18.3 Å². The molecule has 2 aliphatic rings. The average Bonchev–Trinajstić information content (AvgIpc) is 3.52. The highest BCUT2D eigenvalue weighted by molar-refractivity contribution is 6.74. The van der Waals surface area contributed by atoms with Crippen molar-refractivity contribution in [3.63, 3.8) is 0 Å². The van der Waals surface area contributed by atoms with Gasteiger partial charge in [-0.15, -0.1) is 0 Å². The van der Waals surface area contributed by atoms with Crippen molar-refractivity contribution in [3.05, 3.63) is 48.6 Å². The predicted molar refractivity (Wildman–Crippen MR) is 159 cm³/mol. The molecule has 0 aliphatic carbocycles. The van der Waals surface area contributed by atoms with Crippen LogP contribution in [0.4, 0.5) is 0 Å². The summed E-state index contributed by atoms with van der Waals surface area (Å²) >= 11 is 0. The lowest BCUT2D eigenvalue weighted by Gasteiger charge is -2.39. The summed E-state index contributed by atoms with van der Waals surface area (Å²) in [5.41, 5.74) is 3.55. The summed E-state index contributed by atoms with van der Waals surface area (Å²) in [6, 6.07) is 0. The Morgan fingerprint density at radius 3 is 1.97 bits per heavy atom. The van der Waals surface area contributed by atoms with Crippen LogP contribution in [0.15, 0.2) is 48.6 Å². The van der Waals surface area contributed by atoms with E-state index in [1.807, 2.05) is 0 Å². The number of carbonyl (C=O) groups excluding carboxylic acids is 1. The van der Waals surface area contributed by atoms with Crippen molar-refractivity contribution >= 4 is 22.6 Å². The van der Waals surface area contributed by atoms with Gasteiger partial charge in [-0.05, 0) is 65.8 Å². The van der Waals surface area contributed by atoms with E-state index in [9.17, 15) is 4.79 Å². The second-order valence-electron chi connectivity index (χ2n) is 13.9. The molecule has 0 aromatic heterocycles. The first-order valence-electron chi connectivity index (χ1n) is 13.5. The van der Waals surface area contributed by atoms with Crippen LogP contribution in [0, 0.1) is 0 Å². The summed E-state index contributed by atoms with van der Waals surface area (Å²) < 4.78 is 25.4. The summed E-state index contributed by atoms with van der Waals surface area (Å²) in [7, 11) is -4.11. The highest BCUT2D eigenvalue weighted by Crippen LogP contribution is 2.44. The van der Waals surface area contributed by atoms with E-state index >= 15 is 0 Å². The van der Waals surface area contributed by atoms with Gasteiger partial charge in [-0.1, -0.05) is 73.4 Å². The first kappa shape index (κ1) is 32.0. The minimum Gasteiger partial charge on any atom is -0.460 e.